The van der Waals surface area contributed by atoms with Crippen LogP contribution >= 0.6 is 22.9 Å². The molecule has 0 bridgehead atoms. The number of hydrogen-bond donors (Lipinski definition) is 1. The third-order valence-corrected chi connectivity index (χ3v) is 2.51. The lowest BCUT2D eigenvalue weighted by Crippen LogP contribution is -1.95. The third kappa shape index (κ3) is 2.81. The second-order valence-corrected chi connectivity index (χ2v) is 3.56. The van der Waals surface area contributed by atoms with Crippen molar-refractivity contribution in [2.45, 2.75) is 18.9 Å². The average Bonchev–Trinajstić information content (AvgIpc) is 2.52. The summed E-state index contributed by atoms with van der Waals surface area (Å²) in [5.41, 5.74) is 1.01. The number of aliphatic hydroxyl groups is 1. The summed E-state index contributed by atoms with van der Waals surface area (Å²) < 4.78 is 0. The first-order chi connectivity index (χ1) is 5.34. The van der Waals surface area contributed by atoms with Crippen LogP contribution in [-0.4, -0.2) is 11.0 Å². The van der Waals surface area contributed by atoms with Gasteiger partial charge >= 0.3 is 0 Å². The largest absolute Gasteiger partial charge is 0.388 e. The van der Waals surface area contributed by atoms with Gasteiger partial charge in [-0.15, -0.1) is 11.6 Å². The first-order valence-electron chi connectivity index (χ1n) is 3.60. The van der Waals surface area contributed by atoms with Crippen LogP contribution in [0.2, 0.25) is 0 Å². The van der Waals surface area contributed by atoms with Crippen LogP contribution in [0.3, 0.4) is 0 Å². The Balaban J connectivity index is 2.36. The number of halogens is 1. The van der Waals surface area contributed by atoms with Gasteiger partial charge in [0.1, 0.15) is 0 Å². The molecule has 0 amide bonds. The van der Waals surface area contributed by atoms with E-state index in [2.05, 4.69) is 0 Å². The van der Waals surface area contributed by atoms with E-state index in [1.54, 1.807) is 11.3 Å². The molecule has 0 aliphatic heterocycles. The summed E-state index contributed by atoms with van der Waals surface area (Å²) in [4.78, 5) is 0. The minimum atomic E-state index is -0.319. The van der Waals surface area contributed by atoms with Gasteiger partial charge in [0, 0.05) is 5.88 Å². The maximum Gasteiger partial charge on any atom is 0.0798 e. The lowest BCUT2D eigenvalue weighted by atomic mass is 10.1. The smallest absolute Gasteiger partial charge is 0.0798 e. The van der Waals surface area contributed by atoms with Crippen molar-refractivity contribution in [3.8, 4) is 0 Å². The fourth-order valence-corrected chi connectivity index (χ4v) is 1.76. The molecule has 3 heteroatoms. The van der Waals surface area contributed by atoms with Gasteiger partial charge in [-0.3, -0.25) is 0 Å². The Morgan fingerprint density at radius 2 is 2.45 bits per heavy atom. The molecule has 0 aromatic carbocycles. The minimum Gasteiger partial charge on any atom is -0.388 e. The van der Waals surface area contributed by atoms with E-state index in [9.17, 15) is 5.11 Å². The maximum absolute atomic E-state index is 9.49. The standard InChI is InChI=1S/C8H11ClOS/c9-4-1-2-8(10)7-3-5-11-6-7/h3,5-6,8,10H,1-2,4H2. The summed E-state index contributed by atoms with van der Waals surface area (Å²) in [5.74, 6) is 0.626. The molecule has 0 spiro atoms. The Labute approximate surface area is 75.6 Å². The zero-order chi connectivity index (χ0) is 8.10. The van der Waals surface area contributed by atoms with Crippen molar-refractivity contribution >= 4 is 22.9 Å². The molecule has 0 saturated heterocycles. The van der Waals surface area contributed by atoms with E-state index in [0.29, 0.717) is 5.88 Å². The number of rotatable bonds is 4. The monoisotopic (exact) mass is 190 g/mol. The lowest BCUT2D eigenvalue weighted by molar-refractivity contribution is 0.167. The van der Waals surface area contributed by atoms with E-state index in [1.807, 2.05) is 16.8 Å². The van der Waals surface area contributed by atoms with Gasteiger partial charge in [-0.2, -0.15) is 11.3 Å². The lowest BCUT2D eigenvalue weighted by Gasteiger charge is -2.05. The summed E-state index contributed by atoms with van der Waals surface area (Å²) in [6, 6.07) is 1.95. The summed E-state index contributed by atoms with van der Waals surface area (Å²) in [7, 11) is 0. The van der Waals surface area contributed by atoms with Gasteiger partial charge in [0.05, 0.1) is 6.10 Å². The van der Waals surface area contributed by atoms with E-state index in [4.69, 9.17) is 11.6 Å². The molecule has 0 saturated carbocycles. The van der Waals surface area contributed by atoms with Gasteiger partial charge < -0.3 is 5.11 Å². The predicted molar refractivity (Wildman–Crippen MR) is 49.2 cm³/mol. The van der Waals surface area contributed by atoms with Crippen molar-refractivity contribution in [1.29, 1.82) is 0 Å². The molecule has 0 radical (unpaired) electrons. The minimum absolute atomic E-state index is 0.319. The molecular weight excluding hydrogens is 180 g/mol. The highest BCUT2D eigenvalue weighted by atomic mass is 35.5. The molecule has 0 aliphatic carbocycles. The number of thiophene rings is 1. The maximum atomic E-state index is 9.49. The van der Waals surface area contributed by atoms with Gasteiger partial charge in [-0.25, -0.2) is 0 Å². The number of aliphatic hydroxyl groups excluding tert-OH is 1. The van der Waals surface area contributed by atoms with Crippen molar-refractivity contribution in [2.75, 3.05) is 5.88 Å². The molecule has 0 aliphatic rings. The van der Waals surface area contributed by atoms with Crippen LogP contribution in [0.1, 0.15) is 24.5 Å². The topological polar surface area (TPSA) is 20.2 Å². The molecule has 1 N–H and O–H groups in total. The van der Waals surface area contributed by atoms with Crippen LogP contribution < -0.4 is 0 Å². The molecule has 1 heterocycles. The molecule has 0 fully saturated rings. The Morgan fingerprint density at radius 3 is 3.00 bits per heavy atom. The molecular formula is C8H11ClOS. The van der Waals surface area contributed by atoms with E-state index in [-0.39, 0.29) is 6.10 Å². The first-order valence-corrected chi connectivity index (χ1v) is 5.08. The Hall–Kier alpha value is -0.0500. The first kappa shape index (κ1) is 9.04. The predicted octanol–water partition coefficient (Wildman–Crippen LogP) is 2.80. The van der Waals surface area contributed by atoms with E-state index in [1.165, 1.54) is 0 Å². The van der Waals surface area contributed by atoms with Crippen LogP contribution in [-0.2, 0) is 0 Å². The van der Waals surface area contributed by atoms with Crippen molar-refractivity contribution in [3.63, 3.8) is 0 Å². The molecule has 1 aromatic heterocycles. The van der Waals surface area contributed by atoms with Crippen LogP contribution in [0.25, 0.3) is 0 Å². The van der Waals surface area contributed by atoms with E-state index in [0.717, 1.165) is 18.4 Å². The average molecular weight is 191 g/mol. The SMILES string of the molecule is OC(CCCCl)c1ccsc1. The Morgan fingerprint density at radius 1 is 1.64 bits per heavy atom. The van der Waals surface area contributed by atoms with E-state index < -0.39 is 0 Å². The normalized spacial score (nSPS) is 13.3. The second-order valence-electron chi connectivity index (χ2n) is 2.40. The quantitative estimate of drug-likeness (QED) is 0.724. The Bertz CT molecular complexity index is 186. The van der Waals surface area contributed by atoms with Crippen LogP contribution in [0.15, 0.2) is 16.8 Å². The molecule has 62 valence electrons. The van der Waals surface area contributed by atoms with Gasteiger partial charge in [-0.1, -0.05) is 0 Å². The van der Waals surface area contributed by atoms with Crippen LogP contribution in [0.4, 0.5) is 0 Å². The van der Waals surface area contributed by atoms with Crippen molar-refractivity contribution in [2.24, 2.45) is 0 Å². The van der Waals surface area contributed by atoms with Gasteiger partial charge in [-0.05, 0) is 35.2 Å². The molecule has 1 unspecified atom stereocenters. The van der Waals surface area contributed by atoms with Crippen molar-refractivity contribution in [3.05, 3.63) is 22.4 Å². The van der Waals surface area contributed by atoms with Crippen LogP contribution in [0, 0.1) is 0 Å². The molecule has 1 nitrogen and oxygen atoms in total. The van der Waals surface area contributed by atoms with E-state index >= 15 is 0 Å². The zero-order valence-corrected chi connectivity index (χ0v) is 7.74. The second kappa shape index (κ2) is 4.75. The number of alkyl halides is 1. The third-order valence-electron chi connectivity index (χ3n) is 1.54. The van der Waals surface area contributed by atoms with Gasteiger partial charge in [0.15, 0.2) is 0 Å². The Kier molecular flexibility index (Phi) is 3.91. The van der Waals surface area contributed by atoms with Crippen molar-refractivity contribution in [1.82, 2.24) is 0 Å². The van der Waals surface area contributed by atoms with Gasteiger partial charge in [0.25, 0.3) is 0 Å². The number of hydrogen-bond acceptors (Lipinski definition) is 2. The highest BCUT2D eigenvalue weighted by molar-refractivity contribution is 7.07. The molecule has 11 heavy (non-hydrogen) atoms. The van der Waals surface area contributed by atoms with Crippen LogP contribution in [0.5, 0.6) is 0 Å². The highest BCUT2D eigenvalue weighted by Gasteiger charge is 2.05. The highest BCUT2D eigenvalue weighted by Crippen LogP contribution is 2.20. The summed E-state index contributed by atoms with van der Waals surface area (Å²) >= 11 is 7.11. The fraction of sp³-hybridized carbons (Fsp3) is 0.500. The molecule has 1 atom stereocenters. The molecule has 1 aromatic rings. The van der Waals surface area contributed by atoms with Gasteiger partial charge in [0.2, 0.25) is 0 Å². The summed E-state index contributed by atoms with van der Waals surface area (Å²) in [5, 5.41) is 13.4. The zero-order valence-electron chi connectivity index (χ0n) is 6.16. The summed E-state index contributed by atoms with van der Waals surface area (Å²) in [6.45, 7) is 0. The summed E-state index contributed by atoms with van der Waals surface area (Å²) in [6.07, 6.45) is 1.32. The molecule has 1 rings (SSSR count). The van der Waals surface area contributed by atoms with Crippen molar-refractivity contribution < 1.29 is 5.11 Å². The fourth-order valence-electron chi connectivity index (χ4n) is 0.902.